The lowest BCUT2D eigenvalue weighted by atomic mass is 9.76. The van der Waals surface area contributed by atoms with Crippen molar-refractivity contribution in [1.29, 1.82) is 0 Å². The van der Waals surface area contributed by atoms with Crippen LogP contribution in [-0.4, -0.2) is 68.8 Å². The Hall–Kier alpha value is -5.16. The number of halogens is 1. The van der Waals surface area contributed by atoms with Crippen LogP contribution in [0.1, 0.15) is 286 Å². The maximum atomic E-state index is 13.0. The Morgan fingerprint density at radius 3 is 1.46 bits per heavy atom. The van der Waals surface area contributed by atoms with E-state index in [0.29, 0.717) is 53.2 Å². The molecule has 0 fully saturated rings. The van der Waals surface area contributed by atoms with Crippen molar-refractivity contribution >= 4 is 74.0 Å². The second-order valence-electron chi connectivity index (χ2n) is 36.5. The fraction of sp³-hybridized carbons (Fsp3) is 0.630. The Kier molecular flexibility index (Phi) is 27.6. The number of nitrogens with zero attached hydrogens (tertiary/aromatic N) is 4. The van der Waals surface area contributed by atoms with Crippen LogP contribution in [-0.2, 0) is 35.5 Å². The highest BCUT2D eigenvalue weighted by atomic mass is 79.9. The number of aromatic nitrogens is 3. The molecule has 538 valence electrons. The zero-order chi connectivity index (χ0) is 74.4. The molecule has 0 atom stereocenters. The number of thioether (sulfide) groups is 2. The molecule has 13 nitrogen and oxygen atoms in total. The van der Waals surface area contributed by atoms with Gasteiger partial charge >= 0.3 is 5.63 Å². The van der Waals surface area contributed by atoms with Crippen molar-refractivity contribution in [3.8, 4) is 5.75 Å². The van der Waals surface area contributed by atoms with Gasteiger partial charge in [-0.3, -0.25) is 38.5 Å². The molecular weight excluding hydrogens is 1320 g/mol. The number of carbonyl (C=O) groups excluding carboxylic acids is 3. The first-order chi connectivity index (χ1) is 43.7. The van der Waals surface area contributed by atoms with E-state index >= 15 is 0 Å². The van der Waals surface area contributed by atoms with Gasteiger partial charge in [0.25, 0.3) is 11.1 Å². The second-order valence-corrected chi connectivity index (χ2v) is 42.5. The zero-order valence-electron chi connectivity index (χ0n) is 65.1. The van der Waals surface area contributed by atoms with Crippen molar-refractivity contribution in [2.45, 2.75) is 290 Å². The maximum Gasteiger partial charge on any atom is 0.336 e. The molecule has 4 aromatic heterocycles. The molecule has 0 aliphatic rings. The van der Waals surface area contributed by atoms with Crippen LogP contribution in [0.15, 0.2) is 89.1 Å². The van der Waals surface area contributed by atoms with Crippen LogP contribution in [0.4, 0.5) is 0 Å². The molecule has 0 amide bonds. The van der Waals surface area contributed by atoms with E-state index in [1.54, 1.807) is 32.3 Å². The summed E-state index contributed by atoms with van der Waals surface area (Å²) in [6, 6.07) is 16.4. The zero-order valence-corrected chi connectivity index (χ0v) is 68.3. The summed E-state index contributed by atoms with van der Waals surface area (Å²) in [6.45, 7) is 64.2. The molecule has 16 heteroatoms. The third-order valence-corrected chi connectivity index (χ3v) is 19.7. The van der Waals surface area contributed by atoms with Crippen molar-refractivity contribution < 1.29 is 28.3 Å². The van der Waals surface area contributed by atoms with Crippen LogP contribution in [0.2, 0.25) is 0 Å². The molecule has 6 aromatic rings. The number of carbonyl (C=O) groups is 3. The molecule has 0 N–H and O–H groups in total. The summed E-state index contributed by atoms with van der Waals surface area (Å²) in [5.41, 5.74) is 5.28. The van der Waals surface area contributed by atoms with Gasteiger partial charge in [0, 0.05) is 101 Å². The molecule has 97 heavy (non-hydrogen) atoms. The van der Waals surface area contributed by atoms with Crippen LogP contribution in [0.5, 0.6) is 5.75 Å². The van der Waals surface area contributed by atoms with Gasteiger partial charge in [-0.25, -0.2) is 4.79 Å². The van der Waals surface area contributed by atoms with Gasteiger partial charge in [0.15, 0.2) is 17.3 Å². The number of ketones is 3. The Morgan fingerprint density at radius 1 is 0.577 bits per heavy atom. The Labute approximate surface area is 599 Å². The molecule has 2 aromatic carbocycles. The molecule has 0 spiro atoms. The van der Waals surface area contributed by atoms with Crippen LogP contribution in [0.3, 0.4) is 0 Å². The molecule has 4 heterocycles. The first-order valence-corrected chi connectivity index (χ1v) is 36.8. The summed E-state index contributed by atoms with van der Waals surface area (Å²) >= 11 is 7.37. The quantitative estimate of drug-likeness (QED) is 0.0320. The summed E-state index contributed by atoms with van der Waals surface area (Å²) in [6.07, 6.45) is 9.08. The van der Waals surface area contributed by atoms with Crippen molar-refractivity contribution in [2.75, 3.05) is 6.61 Å². The number of fused-ring (bicyclic) bond motifs is 2. The maximum absolute atomic E-state index is 13.0. The summed E-state index contributed by atoms with van der Waals surface area (Å²) in [5, 5.41) is 0.739. The highest BCUT2D eigenvalue weighted by molar-refractivity contribution is 9.10. The van der Waals surface area contributed by atoms with Crippen LogP contribution in [0.25, 0.3) is 11.0 Å². The van der Waals surface area contributed by atoms with E-state index in [9.17, 15) is 28.8 Å². The van der Waals surface area contributed by atoms with Crippen LogP contribution in [0, 0.1) is 46.3 Å². The summed E-state index contributed by atoms with van der Waals surface area (Å²) in [7, 11) is 0. The molecular formula is C81H121BrN4O9S2. The summed E-state index contributed by atoms with van der Waals surface area (Å²) in [4.78, 5) is 85.9. The number of Topliss-reactive ketones (excluding diaryl/α,β-unsaturated/α-hetero) is 3. The number of hydrogen-bond donors (Lipinski definition) is 0. The van der Waals surface area contributed by atoms with Gasteiger partial charge in [-0.1, -0.05) is 204 Å². The number of aliphatic imine (C=N–C) groups is 1. The molecule has 0 saturated heterocycles. The molecule has 0 radical (unpaired) electrons. The summed E-state index contributed by atoms with van der Waals surface area (Å²) in [5.74, 6) is 0.955. The van der Waals surface area contributed by atoms with Crippen molar-refractivity contribution in [3.63, 3.8) is 0 Å². The van der Waals surface area contributed by atoms with Gasteiger partial charge in [-0.15, -0.1) is 23.5 Å². The van der Waals surface area contributed by atoms with Crippen LogP contribution < -0.4 is 21.5 Å². The lowest BCUT2D eigenvalue weighted by molar-refractivity contribution is -0.143. The second kappa shape index (κ2) is 31.8. The highest BCUT2D eigenvalue weighted by Gasteiger charge is 2.37. The highest BCUT2D eigenvalue weighted by Crippen LogP contribution is 2.42. The largest absolute Gasteiger partial charge is 0.492 e. The number of ether oxygens (including phenoxy) is 2. The monoisotopic (exact) mass is 1440 g/mol. The lowest BCUT2D eigenvalue weighted by Crippen LogP contribution is -2.37. The van der Waals surface area contributed by atoms with E-state index in [1.165, 1.54) is 10.6 Å². The fourth-order valence-corrected chi connectivity index (χ4v) is 15.5. The van der Waals surface area contributed by atoms with Crippen molar-refractivity contribution in [2.24, 2.45) is 37.5 Å². The number of rotatable bonds is 24. The van der Waals surface area contributed by atoms with Gasteiger partial charge in [0.2, 0.25) is 0 Å². The first-order valence-electron chi connectivity index (χ1n) is 34.4. The van der Waals surface area contributed by atoms with E-state index in [1.807, 2.05) is 133 Å². The van der Waals surface area contributed by atoms with Gasteiger partial charge in [0.1, 0.15) is 16.9 Å². The van der Waals surface area contributed by atoms with E-state index in [2.05, 4.69) is 157 Å². The predicted molar refractivity (Wildman–Crippen MR) is 413 cm³/mol. The summed E-state index contributed by atoms with van der Waals surface area (Å²) < 4.78 is 21.4. The minimum atomic E-state index is -0.956. The Balaban J connectivity index is 0.000000312. The minimum Gasteiger partial charge on any atom is -0.492 e. The third-order valence-electron chi connectivity index (χ3n) is 16.4. The van der Waals surface area contributed by atoms with Gasteiger partial charge in [-0.05, 0) is 120 Å². The lowest BCUT2D eigenvalue weighted by Gasteiger charge is -2.33. The molecule has 0 bridgehead atoms. The van der Waals surface area contributed by atoms with E-state index < -0.39 is 16.6 Å². The van der Waals surface area contributed by atoms with E-state index in [4.69, 9.17) is 13.9 Å². The van der Waals surface area contributed by atoms with Crippen molar-refractivity contribution in [3.05, 3.63) is 147 Å². The fourth-order valence-electron chi connectivity index (χ4n) is 11.3. The average Bonchev–Trinajstić information content (AvgIpc) is 1.58. The predicted octanol–water partition coefficient (Wildman–Crippen LogP) is 20.6. The Bertz CT molecular complexity index is 3820. The number of pyridine rings is 1. The van der Waals surface area contributed by atoms with Gasteiger partial charge < -0.3 is 13.9 Å². The van der Waals surface area contributed by atoms with Crippen molar-refractivity contribution in [1.82, 2.24) is 14.0 Å². The number of hydrogen-bond acceptors (Lipinski definition) is 13. The normalized spacial score (nSPS) is 13.4. The Morgan fingerprint density at radius 2 is 1.04 bits per heavy atom. The molecule has 6 rings (SSSR count). The van der Waals surface area contributed by atoms with E-state index in [0.717, 1.165) is 76.6 Å². The number of benzene rings is 2. The minimum absolute atomic E-state index is 0.00387. The molecule has 0 unspecified atom stereocenters. The third kappa shape index (κ3) is 26.7. The molecule has 0 aliphatic carbocycles. The van der Waals surface area contributed by atoms with Crippen LogP contribution >= 0.6 is 39.5 Å². The average molecular weight is 1440 g/mol. The van der Waals surface area contributed by atoms with Gasteiger partial charge in [0.05, 0.1) is 41.3 Å². The molecule has 0 aliphatic heterocycles. The molecule has 0 saturated carbocycles. The first kappa shape index (κ1) is 84.3. The van der Waals surface area contributed by atoms with Gasteiger partial charge in [-0.2, -0.15) is 4.52 Å². The smallest absolute Gasteiger partial charge is 0.336 e. The standard InChI is InChI=1S/C33H48N2O2.C24H33BrO5.C24H40N2O2S2/c1-30(2,3)17-19-32(7,8)28(36)25-13-11-24(12-14-25)21-34-23-27-16-15-26(22-35-27)29(37)33(9,10)20-18-31(4,5)6;1-22(2,3)12-20(26)24(7,8)29-13-15-9-21(27)30-18-11-19(17(25)10-16(15)18)28-14-23(4,5)6;1-15-17(13-23(9,10)29-21(3,4)5)25-18(14-24(11,12)30-22(6,7)8)16(2)20(28)26(25)19(15)27/h11-16,21-22H,17-20,23H2,1-10H3;9-11H,12-14H2,1-8H3;13-14H2,1-12H3. The van der Waals surface area contributed by atoms with E-state index in [-0.39, 0.29) is 81.1 Å². The SMILES string of the molecule is CC(C)(C)CCC(C)(C)C(=O)c1ccc(C=NCc2ccc(C(=O)C(C)(C)CCC(C)(C)C)cn2)cc1.CC(C)(C)COc1cc2oc(=O)cc(COC(C)(C)C(=O)CC(C)(C)C)c2cc1Br.Cc1c(CC(C)(C)SC(C)(C)C)n2c(CC(C)(C)SC(C)(C)C)c(C)c(=O)n2c1=O. The topological polar surface area (TPSA) is 168 Å².